The average Bonchev–Trinajstić information content (AvgIpc) is 2.60. The van der Waals surface area contributed by atoms with Gasteiger partial charge in [0, 0.05) is 22.5 Å². The van der Waals surface area contributed by atoms with Crippen molar-refractivity contribution in [3.05, 3.63) is 59.7 Å². The van der Waals surface area contributed by atoms with E-state index in [4.69, 9.17) is 9.47 Å². The van der Waals surface area contributed by atoms with Crippen molar-refractivity contribution in [3.63, 3.8) is 0 Å². The minimum atomic E-state index is -1.62. The zero-order valence-corrected chi connectivity index (χ0v) is 13.7. The summed E-state index contributed by atoms with van der Waals surface area (Å²) in [4.78, 5) is 26.0. The summed E-state index contributed by atoms with van der Waals surface area (Å²) in [6.45, 7) is 3.79. The zero-order chi connectivity index (χ0) is 17.2. The summed E-state index contributed by atoms with van der Waals surface area (Å²) in [6, 6.07) is 14.5. The van der Waals surface area contributed by atoms with E-state index >= 15 is 0 Å². The van der Waals surface area contributed by atoms with Gasteiger partial charge in [0.05, 0.1) is 13.2 Å². The molecule has 0 saturated carbocycles. The SMILES string of the molecule is CCOC(=O)C1(C(=O)OCC)c2ccccc2Nc2ccccc21. The fourth-order valence-corrected chi connectivity index (χ4v) is 3.13. The van der Waals surface area contributed by atoms with E-state index in [1.807, 2.05) is 24.3 Å². The number of fused-ring (bicyclic) bond motifs is 2. The Balaban J connectivity index is 2.34. The van der Waals surface area contributed by atoms with E-state index in [-0.39, 0.29) is 13.2 Å². The second kappa shape index (κ2) is 6.35. The van der Waals surface area contributed by atoms with Crippen LogP contribution in [-0.2, 0) is 24.5 Å². The van der Waals surface area contributed by atoms with Crippen LogP contribution in [0.3, 0.4) is 0 Å². The molecule has 2 aromatic carbocycles. The fourth-order valence-electron chi connectivity index (χ4n) is 3.13. The molecule has 0 unspecified atom stereocenters. The molecule has 0 spiro atoms. The maximum Gasteiger partial charge on any atom is 0.332 e. The van der Waals surface area contributed by atoms with Crippen LogP contribution in [0, 0.1) is 0 Å². The molecule has 0 amide bonds. The van der Waals surface area contributed by atoms with Crippen LogP contribution in [0.1, 0.15) is 25.0 Å². The maximum absolute atomic E-state index is 13.0. The van der Waals surface area contributed by atoms with Crippen molar-refractivity contribution in [1.82, 2.24) is 0 Å². The first kappa shape index (κ1) is 16.1. The molecule has 5 nitrogen and oxygen atoms in total. The van der Waals surface area contributed by atoms with Gasteiger partial charge >= 0.3 is 11.9 Å². The molecule has 1 N–H and O–H groups in total. The Bertz CT molecular complexity index is 719. The number of rotatable bonds is 4. The van der Waals surface area contributed by atoms with Crippen LogP contribution in [0.2, 0.25) is 0 Å². The fraction of sp³-hybridized carbons (Fsp3) is 0.263. The van der Waals surface area contributed by atoms with E-state index in [1.165, 1.54) is 0 Å². The molecule has 0 saturated heterocycles. The second-order valence-electron chi connectivity index (χ2n) is 5.41. The highest BCUT2D eigenvalue weighted by molar-refractivity contribution is 6.14. The van der Waals surface area contributed by atoms with Gasteiger partial charge in [0.2, 0.25) is 5.41 Å². The van der Waals surface area contributed by atoms with Gasteiger partial charge in [0.15, 0.2) is 0 Å². The Kier molecular flexibility index (Phi) is 4.25. The summed E-state index contributed by atoms with van der Waals surface area (Å²) in [5, 5.41) is 3.27. The molecule has 0 radical (unpaired) electrons. The number of ether oxygens (including phenoxy) is 2. The molecule has 5 heteroatoms. The van der Waals surface area contributed by atoms with E-state index in [2.05, 4.69) is 5.32 Å². The Labute approximate surface area is 140 Å². The van der Waals surface area contributed by atoms with E-state index in [0.717, 1.165) is 0 Å². The highest BCUT2D eigenvalue weighted by atomic mass is 16.6. The highest BCUT2D eigenvalue weighted by Gasteiger charge is 2.56. The normalized spacial score (nSPS) is 13.9. The zero-order valence-electron chi connectivity index (χ0n) is 13.7. The van der Waals surface area contributed by atoms with Gasteiger partial charge in [-0.3, -0.25) is 9.59 Å². The van der Waals surface area contributed by atoms with E-state index in [9.17, 15) is 9.59 Å². The third-order valence-corrected chi connectivity index (χ3v) is 4.09. The molecular formula is C19H19NO4. The van der Waals surface area contributed by atoms with Crippen molar-refractivity contribution in [3.8, 4) is 0 Å². The molecule has 24 heavy (non-hydrogen) atoms. The topological polar surface area (TPSA) is 64.6 Å². The lowest BCUT2D eigenvalue weighted by molar-refractivity contribution is -0.162. The molecule has 124 valence electrons. The van der Waals surface area contributed by atoms with Crippen LogP contribution in [0.5, 0.6) is 0 Å². The van der Waals surface area contributed by atoms with Crippen molar-refractivity contribution in [2.75, 3.05) is 18.5 Å². The third-order valence-electron chi connectivity index (χ3n) is 4.09. The molecule has 3 rings (SSSR count). The van der Waals surface area contributed by atoms with Gasteiger partial charge in [-0.15, -0.1) is 0 Å². The quantitative estimate of drug-likeness (QED) is 0.691. The van der Waals surface area contributed by atoms with Gasteiger partial charge in [-0.2, -0.15) is 0 Å². The molecule has 1 heterocycles. The average molecular weight is 325 g/mol. The smallest absolute Gasteiger partial charge is 0.332 e. The van der Waals surface area contributed by atoms with Crippen molar-refractivity contribution in [2.24, 2.45) is 0 Å². The molecule has 0 aromatic heterocycles. The van der Waals surface area contributed by atoms with Gasteiger partial charge in [0.25, 0.3) is 0 Å². The summed E-state index contributed by atoms with van der Waals surface area (Å²) in [7, 11) is 0. The standard InChI is InChI=1S/C19H19NO4/c1-3-23-17(21)19(18(22)24-4-2)13-9-5-7-11-15(13)20-16-12-8-6-10-14(16)19/h5-12,20H,3-4H2,1-2H3. The maximum atomic E-state index is 13.0. The van der Waals surface area contributed by atoms with Crippen LogP contribution in [0.25, 0.3) is 0 Å². The third kappa shape index (κ3) is 2.24. The first-order valence-electron chi connectivity index (χ1n) is 7.96. The summed E-state index contributed by atoms with van der Waals surface area (Å²) in [5.74, 6) is -1.24. The minimum Gasteiger partial charge on any atom is -0.465 e. The van der Waals surface area contributed by atoms with Gasteiger partial charge in [0.1, 0.15) is 0 Å². The summed E-state index contributed by atoms with van der Waals surface area (Å²) >= 11 is 0. The van der Waals surface area contributed by atoms with Crippen molar-refractivity contribution in [2.45, 2.75) is 19.3 Å². The van der Waals surface area contributed by atoms with Crippen LogP contribution in [-0.4, -0.2) is 25.2 Å². The van der Waals surface area contributed by atoms with Crippen molar-refractivity contribution >= 4 is 23.3 Å². The Morgan fingerprint density at radius 2 is 1.25 bits per heavy atom. The number of carbonyl (C=O) groups excluding carboxylic acids is 2. The number of nitrogens with one attached hydrogen (secondary N) is 1. The summed E-state index contributed by atoms with van der Waals surface area (Å²) in [5.41, 5.74) is 0.848. The molecule has 2 aromatic rings. The van der Waals surface area contributed by atoms with Crippen molar-refractivity contribution < 1.29 is 19.1 Å². The molecule has 0 fully saturated rings. The summed E-state index contributed by atoms with van der Waals surface area (Å²) in [6.07, 6.45) is 0. The van der Waals surface area contributed by atoms with Crippen LogP contribution < -0.4 is 5.32 Å². The largest absolute Gasteiger partial charge is 0.465 e. The van der Waals surface area contributed by atoms with Crippen LogP contribution >= 0.6 is 0 Å². The summed E-state index contributed by atoms with van der Waals surface area (Å²) < 4.78 is 10.6. The van der Waals surface area contributed by atoms with Gasteiger partial charge in [-0.05, 0) is 26.0 Å². The Morgan fingerprint density at radius 1 is 0.833 bits per heavy atom. The Hall–Kier alpha value is -2.82. The number of hydrogen-bond acceptors (Lipinski definition) is 5. The van der Waals surface area contributed by atoms with E-state index < -0.39 is 17.4 Å². The predicted octanol–water partition coefficient (Wildman–Crippen LogP) is 3.16. The number of carbonyl (C=O) groups is 2. The van der Waals surface area contributed by atoms with Gasteiger partial charge < -0.3 is 14.8 Å². The molecular weight excluding hydrogens is 306 g/mol. The van der Waals surface area contributed by atoms with Crippen LogP contribution in [0.15, 0.2) is 48.5 Å². The highest BCUT2D eigenvalue weighted by Crippen LogP contribution is 2.47. The second-order valence-corrected chi connectivity index (χ2v) is 5.41. The van der Waals surface area contributed by atoms with E-state index in [1.54, 1.807) is 38.1 Å². The molecule has 0 bridgehead atoms. The molecule has 0 atom stereocenters. The minimum absolute atomic E-state index is 0.178. The molecule has 1 aliphatic heterocycles. The monoisotopic (exact) mass is 325 g/mol. The number of anilines is 2. The van der Waals surface area contributed by atoms with E-state index in [0.29, 0.717) is 22.5 Å². The molecule has 1 aliphatic rings. The number of hydrogen-bond donors (Lipinski definition) is 1. The van der Waals surface area contributed by atoms with Gasteiger partial charge in [-0.25, -0.2) is 0 Å². The number of para-hydroxylation sites is 2. The Morgan fingerprint density at radius 3 is 1.67 bits per heavy atom. The molecule has 0 aliphatic carbocycles. The lowest BCUT2D eigenvalue weighted by atomic mass is 9.71. The number of benzene rings is 2. The number of esters is 2. The van der Waals surface area contributed by atoms with Crippen molar-refractivity contribution in [1.29, 1.82) is 0 Å². The lowest BCUT2D eigenvalue weighted by Gasteiger charge is -2.36. The van der Waals surface area contributed by atoms with Gasteiger partial charge in [-0.1, -0.05) is 36.4 Å². The first-order valence-corrected chi connectivity index (χ1v) is 7.96. The lowest BCUT2D eigenvalue weighted by Crippen LogP contribution is -2.49. The van der Waals surface area contributed by atoms with Crippen LogP contribution in [0.4, 0.5) is 11.4 Å². The first-order chi connectivity index (χ1) is 11.7. The predicted molar refractivity (Wildman–Crippen MR) is 90.2 cm³/mol.